The SMILES string of the molecule is S=C=Nc1ccc2[nH]cnc2c1. The molecule has 0 spiro atoms. The van der Waals surface area contributed by atoms with Crippen molar-refractivity contribution in [3.8, 4) is 0 Å². The summed E-state index contributed by atoms with van der Waals surface area (Å²) in [7, 11) is 0. The molecule has 1 aromatic carbocycles. The Morgan fingerprint density at radius 1 is 1.50 bits per heavy atom. The number of hydrogen-bond donors (Lipinski definition) is 1. The number of nitrogens with zero attached hydrogens (tertiary/aromatic N) is 2. The summed E-state index contributed by atoms with van der Waals surface area (Å²) in [5, 5.41) is 2.31. The van der Waals surface area contributed by atoms with Crippen molar-refractivity contribution >= 4 is 34.1 Å². The Hall–Kier alpha value is -1.51. The molecule has 0 atom stereocenters. The predicted molar refractivity (Wildman–Crippen MR) is 50.8 cm³/mol. The van der Waals surface area contributed by atoms with Gasteiger partial charge >= 0.3 is 0 Å². The Morgan fingerprint density at radius 2 is 2.42 bits per heavy atom. The molecule has 2 aromatic rings. The van der Waals surface area contributed by atoms with Gasteiger partial charge in [-0.2, -0.15) is 4.99 Å². The molecule has 1 N–H and O–H groups in total. The highest BCUT2D eigenvalue weighted by atomic mass is 32.1. The molecule has 4 heteroatoms. The van der Waals surface area contributed by atoms with Gasteiger partial charge in [0, 0.05) is 0 Å². The van der Waals surface area contributed by atoms with Crippen LogP contribution in [0.2, 0.25) is 0 Å². The van der Waals surface area contributed by atoms with Gasteiger partial charge in [0.05, 0.1) is 28.2 Å². The maximum Gasteiger partial charge on any atom is 0.0931 e. The number of hydrogen-bond acceptors (Lipinski definition) is 3. The first kappa shape index (κ1) is 7.16. The molecule has 0 aliphatic carbocycles. The van der Waals surface area contributed by atoms with Gasteiger partial charge in [0.25, 0.3) is 0 Å². The summed E-state index contributed by atoms with van der Waals surface area (Å²) in [6.45, 7) is 0. The summed E-state index contributed by atoms with van der Waals surface area (Å²) in [5.74, 6) is 0. The second-order valence-electron chi connectivity index (χ2n) is 2.31. The van der Waals surface area contributed by atoms with Crippen molar-refractivity contribution in [2.75, 3.05) is 0 Å². The van der Waals surface area contributed by atoms with E-state index in [4.69, 9.17) is 0 Å². The maximum atomic E-state index is 4.49. The van der Waals surface area contributed by atoms with Gasteiger partial charge in [-0.15, -0.1) is 0 Å². The lowest BCUT2D eigenvalue weighted by atomic mass is 10.3. The zero-order valence-corrected chi connectivity index (χ0v) is 6.93. The number of nitrogens with one attached hydrogen (secondary N) is 1. The van der Waals surface area contributed by atoms with Crippen molar-refractivity contribution in [3.63, 3.8) is 0 Å². The molecule has 0 aliphatic rings. The molecular weight excluding hydrogens is 170 g/mol. The van der Waals surface area contributed by atoms with Gasteiger partial charge in [-0.3, -0.25) is 0 Å². The van der Waals surface area contributed by atoms with Gasteiger partial charge in [-0.05, 0) is 30.4 Å². The van der Waals surface area contributed by atoms with Crippen molar-refractivity contribution in [2.45, 2.75) is 0 Å². The number of thiocarbonyl (C=S) groups is 1. The Kier molecular flexibility index (Phi) is 1.70. The number of isothiocyanates is 1. The van der Waals surface area contributed by atoms with E-state index in [-0.39, 0.29) is 0 Å². The second kappa shape index (κ2) is 2.85. The third kappa shape index (κ3) is 1.13. The molecule has 0 radical (unpaired) electrons. The molecule has 12 heavy (non-hydrogen) atoms. The third-order valence-corrected chi connectivity index (χ3v) is 1.67. The average molecular weight is 175 g/mol. The third-order valence-electron chi connectivity index (χ3n) is 1.58. The Balaban J connectivity index is 2.67. The summed E-state index contributed by atoms with van der Waals surface area (Å²) in [6.07, 6.45) is 1.65. The van der Waals surface area contributed by atoms with Crippen LogP contribution < -0.4 is 0 Å². The van der Waals surface area contributed by atoms with Crippen molar-refractivity contribution in [2.24, 2.45) is 4.99 Å². The van der Waals surface area contributed by atoms with Crippen molar-refractivity contribution in [1.29, 1.82) is 0 Å². The number of rotatable bonds is 1. The Bertz CT molecular complexity index is 454. The van der Waals surface area contributed by atoms with Gasteiger partial charge < -0.3 is 4.98 Å². The monoisotopic (exact) mass is 175 g/mol. The zero-order valence-electron chi connectivity index (χ0n) is 6.11. The van der Waals surface area contributed by atoms with Crippen LogP contribution in [-0.4, -0.2) is 15.1 Å². The van der Waals surface area contributed by atoms with E-state index in [2.05, 4.69) is 32.3 Å². The fourth-order valence-corrected chi connectivity index (χ4v) is 1.15. The molecule has 0 aliphatic heterocycles. The lowest BCUT2D eigenvalue weighted by Crippen LogP contribution is -1.68. The summed E-state index contributed by atoms with van der Waals surface area (Å²) >= 11 is 4.49. The average Bonchev–Trinajstić information content (AvgIpc) is 2.51. The van der Waals surface area contributed by atoms with Crippen LogP contribution in [0.25, 0.3) is 11.0 Å². The summed E-state index contributed by atoms with van der Waals surface area (Å²) in [6, 6.07) is 5.62. The zero-order chi connectivity index (χ0) is 8.39. The molecule has 0 saturated carbocycles. The van der Waals surface area contributed by atoms with Crippen molar-refractivity contribution in [3.05, 3.63) is 24.5 Å². The fourth-order valence-electron chi connectivity index (χ4n) is 1.04. The van der Waals surface area contributed by atoms with Crippen LogP contribution in [0.5, 0.6) is 0 Å². The molecule has 3 nitrogen and oxygen atoms in total. The van der Waals surface area contributed by atoms with Gasteiger partial charge in [-0.1, -0.05) is 0 Å². The first-order chi connectivity index (χ1) is 5.90. The molecule has 1 aromatic heterocycles. The number of aliphatic imine (C=N–C) groups is 1. The molecule has 0 unspecified atom stereocenters. The molecule has 0 fully saturated rings. The van der Waals surface area contributed by atoms with E-state index in [0.717, 1.165) is 16.7 Å². The summed E-state index contributed by atoms with van der Waals surface area (Å²) in [5.41, 5.74) is 2.67. The minimum absolute atomic E-state index is 0.782. The number of aromatic amines is 1. The second-order valence-corrected chi connectivity index (χ2v) is 2.49. The van der Waals surface area contributed by atoms with E-state index in [1.807, 2.05) is 18.2 Å². The van der Waals surface area contributed by atoms with Crippen LogP contribution >= 0.6 is 12.2 Å². The molecule has 2 rings (SSSR count). The van der Waals surface area contributed by atoms with Gasteiger partial charge in [0.15, 0.2) is 0 Å². The highest BCUT2D eigenvalue weighted by Gasteiger charge is 1.95. The highest BCUT2D eigenvalue weighted by Crippen LogP contribution is 2.17. The maximum absolute atomic E-state index is 4.49. The minimum atomic E-state index is 0.782. The number of H-pyrrole nitrogens is 1. The molecule has 58 valence electrons. The number of fused-ring (bicyclic) bond motifs is 1. The Morgan fingerprint density at radius 3 is 3.25 bits per heavy atom. The van der Waals surface area contributed by atoms with E-state index < -0.39 is 0 Å². The van der Waals surface area contributed by atoms with E-state index in [1.54, 1.807) is 6.33 Å². The van der Waals surface area contributed by atoms with Crippen molar-refractivity contribution in [1.82, 2.24) is 9.97 Å². The minimum Gasteiger partial charge on any atom is -0.345 e. The van der Waals surface area contributed by atoms with Crippen LogP contribution in [0.1, 0.15) is 0 Å². The van der Waals surface area contributed by atoms with Gasteiger partial charge in [0.1, 0.15) is 0 Å². The van der Waals surface area contributed by atoms with Crippen LogP contribution in [0, 0.1) is 0 Å². The van der Waals surface area contributed by atoms with Crippen LogP contribution in [-0.2, 0) is 0 Å². The molecule has 1 heterocycles. The Labute approximate surface area is 74.2 Å². The largest absolute Gasteiger partial charge is 0.345 e. The predicted octanol–water partition coefficient (Wildman–Crippen LogP) is 2.30. The lowest BCUT2D eigenvalue weighted by Gasteiger charge is -1.89. The van der Waals surface area contributed by atoms with Crippen LogP contribution in [0.15, 0.2) is 29.5 Å². The standard InChI is InChI=1S/C8H5N3S/c12-5-11-6-1-2-7-8(3-6)10-4-9-7/h1-4H,(H,9,10). The molecule has 0 bridgehead atoms. The number of aromatic nitrogens is 2. The topological polar surface area (TPSA) is 41.0 Å². The van der Waals surface area contributed by atoms with Crippen LogP contribution in [0.4, 0.5) is 5.69 Å². The van der Waals surface area contributed by atoms with Crippen molar-refractivity contribution < 1.29 is 0 Å². The quantitative estimate of drug-likeness (QED) is 0.533. The lowest BCUT2D eigenvalue weighted by molar-refractivity contribution is 1.34. The highest BCUT2D eigenvalue weighted by molar-refractivity contribution is 7.78. The van der Waals surface area contributed by atoms with Gasteiger partial charge in [-0.25, -0.2) is 4.98 Å². The summed E-state index contributed by atoms with van der Waals surface area (Å²) in [4.78, 5) is 10.9. The van der Waals surface area contributed by atoms with E-state index in [1.165, 1.54) is 0 Å². The number of benzene rings is 1. The molecule has 0 saturated heterocycles. The smallest absolute Gasteiger partial charge is 0.0931 e. The number of imidazole rings is 1. The fraction of sp³-hybridized carbons (Fsp3) is 0. The van der Waals surface area contributed by atoms with E-state index in [9.17, 15) is 0 Å². The molecular formula is C8H5N3S. The normalized spacial score (nSPS) is 9.67. The summed E-state index contributed by atoms with van der Waals surface area (Å²) < 4.78 is 0. The first-order valence-electron chi connectivity index (χ1n) is 3.41. The van der Waals surface area contributed by atoms with E-state index in [0.29, 0.717) is 0 Å². The van der Waals surface area contributed by atoms with E-state index >= 15 is 0 Å². The molecule has 0 amide bonds. The van der Waals surface area contributed by atoms with Gasteiger partial charge in [0.2, 0.25) is 0 Å². The first-order valence-corrected chi connectivity index (χ1v) is 3.82. The van der Waals surface area contributed by atoms with Crippen LogP contribution in [0.3, 0.4) is 0 Å².